The molecule has 0 saturated carbocycles. The Morgan fingerprint density at radius 1 is 1.03 bits per heavy atom. The molecule has 0 radical (unpaired) electrons. The predicted molar refractivity (Wildman–Crippen MR) is 135 cm³/mol. The fourth-order valence-corrected chi connectivity index (χ4v) is 3.50. The van der Waals surface area contributed by atoms with Crippen molar-refractivity contribution in [2.75, 3.05) is 26.8 Å². The van der Waals surface area contributed by atoms with Crippen molar-refractivity contribution in [2.45, 2.75) is 44.3 Å². The highest BCUT2D eigenvalue weighted by molar-refractivity contribution is 5.22. The Kier molecular flexibility index (Phi) is 14.2. The van der Waals surface area contributed by atoms with Crippen LogP contribution in [0.2, 0.25) is 0 Å². The molecule has 32 heavy (non-hydrogen) atoms. The van der Waals surface area contributed by atoms with Crippen LogP contribution in [0.1, 0.15) is 37.3 Å². The minimum atomic E-state index is -0.591. The van der Waals surface area contributed by atoms with Crippen LogP contribution in [-0.2, 0) is 16.8 Å². The van der Waals surface area contributed by atoms with Crippen LogP contribution in [0.5, 0.6) is 0 Å². The summed E-state index contributed by atoms with van der Waals surface area (Å²) in [5.41, 5.74) is 1.66. The van der Waals surface area contributed by atoms with Crippen LogP contribution in [0.3, 0.4) is 0 Å². The van der Waals surface area contributed by atoms with Crippen molar-refractivity contribution in [3.63, 3.8) is 0 Å². The second-order valence-electron chi connectivity index (χ2n) is 7.97. The van der Waals surface area contributed by atoms with Crippen molar-refractivity contribution in [3.8, 4) is 0 Å². The first kappa shape index (κ1) is 27.8. The number of hydrogen-bond acceptors (Lipinski definition) is 4. The first-order chi connectivity index (χ1) is 15.5. The van der Waals surface area contributed by atoms with Gasteiger partial charge in [0.25, 0.3) is 0 Å². The topological polar surface area (TPSA) is 61.7 Å². The number of allylic oxidation sites excluding steroid dienone is 1. The second kappa shape index (κ2) is 16.4. The molecule has 2 atom stereocenters. The molecule has 1 heterocycles. The maximum Gasteiger partial charge on any atom is 0.0920 e. The van der Waals surface area contributed by atoms with Crippen molar-refractivity contribution in [2.24, 2.45) is 5.92 Å². The van der Waals surface area contributed by atoms with E-state index in [0.717, 1.165) is 44.3 Å². The highest BCUT2D eigenvalue weighted by atomic mass is 16.5. The summed E-state index contributed by atoms with van der Waals surface area (Å²) < 4.78 is 5.14. The van der Waals surface area contributed by atoms with Crippen LogP contribution >= 0.6 is 0 Å². The summed E-state index contributed by atoms with van der Waals surface area (Å²) in [7, 11) is 1.71. The van der Waals surface area contributed by atoms with Gasteiger partial charge in [0.1, 0.15) is 0 Å². The van der Waals surface area contributed by atoms with Crippen LogP contribution in [-0.4, -0.2) is 43.1 Å². The minimum absolute atomic E-state index is 0.240. The molecule has 0 bridgehead atoms. The van der Waals surface area contributed by atoms with Crippen LogP contribution in [0.25, 0.3) is 0 Å². The maximum atomic E-state index is 10.3. The number of benzene rings is 2. The highest BCUT2D eigenvalue weighted by Gasteiger charge is 2.30. The molecule has 4 nitrogen and oxygen atoms in total. The Morgan fingerprint density at radius 3 is 2.06 bits per heavy atom. The van der Waals surface area contributed by atoms with Crippen molar-refractivity contribution < 1.29 is 14.9 Å². The molecular weight excluding hydrogens is 398 g/mol. The Balaban J connectivity index is 0.000000246. The molecule has 0 spiro atoms. The molecule has 0 amide bonds. The fraction of sp³-hybridized carbons (Fsp3) is 0.429. The van der Waals surface area contributed by atoms with Crippen molar-refractivity contribution >= 4 is 0 Å². The molecule has 0 aromatic heterocycles. The number of nitrogens with one attached hydrogen (secondary N) is 1. The molecule has 2 aromatic carbocycles. The number of aliphatic hydroxyl groups excluding tert-OH is 1. The summed E-state index contributed by atoms with van der Waals surface area (Å²) in [6.45, 7) is 11.5. The SMILES string of the molecule is C=CCC(C=C)[C@H](C)OC.OC1(c2ccccc2)CCNCC1.OCCc1ccccc1. The largest absolute Gasteiger partial charge is 0.396 e. The van der Waals surface area contributed by atoms with E-state index in [9.17, 15) is 5.11 Å². The molecule has 176 valence electrons. The molecule has 4 heteroatoms. The lowest BCUT2D eigenvalue weighted by molar-refractivity contribution is 0.00594. The zero-order valence-corrected chi connectivity index (χ0v) is 19.7. The molecular formula is C28H41NO3. The van der Waals surface area contributed by atoms with Gasteiger partial charge in [-0.2, -0.15) is 0 Å². The summed E-state index contributed by atoms with van der Waals surface area (Å²) in [6.07, 6.45) is 7.39. The van der Waals surface area contributed by atoms with Gasteiger partial charge in [0.15, 0.2) is 0 Å². The second-order valence-corrected chi connectivity index (χ2v) is 7.97. The molecule has 1 saturated heterocycles. The third kappa shape index (κ3) is 10.4. The molecule has 3 N–H and O–H groups in total. The average molecular weight is 440 g/mol. The van der Waals surface area contributed by atoms with E-state index in [4.69, 9.17) is 9.84 Å². The van der Waals surface area contributed by atoms with Gasteiger partial charge in [-0.1, -0.05) is 72.8 Å². The van der Waals surface area contributed by atoms with Gasteiger partial charge < -0.3 is 20.3 Å². The van der Waals surface area contributed by atoms with Gasteiger partial charge >= 0.3 is 0 Å². The third-order valence-electron chi connectivity index (χ3n) is 5.70. The first-order valence-corrected chi connectivity index (χ1v) is 11.4. The van der Waals surface area contributed by atoms with Crippen LogP contribution in [0, 0.1) is 5.92 Å². The number of hydrogen-bond donors (Lipinski definition) is 3. The predicted octanol–water partition coefficient (Wildman–Crippen LogP) is 4.88. The van der Waals surface area contributed by atoms with E-state index < -0.39 is 5.60 Å². The standard InChI is InChI=1S/C11H15NO.C9H16O.C8H10O/c13-11(6-8-12-9-7-11)10-4-2-1-3-5-10;1-5-7-9(6-2)8(3)10-4;9-7-6-8-4-2-1-3-5-8/h1-5,12-13H,6-9H2;5-6,8-9H,1-2,7H2,3-4H3;1-5,9H,6-7H2/t;8-,9?;/m.0./s1. The zero-order chi connectivity index (χ0) is 23.7. The zero-order valence-electron chi connectivity index (χ0n) is 19.7. The summed E-state index contributed by atoms with van der Waals surface area (Å²) in [5.74, 6) is 0.405. The summed E-state index contributed by atoms with van der Waals surface area (Å²) in [6, 6.07) is 19.9. The first-order valence-electron chi connectivity index (χ1n) is 11.4. The van der Waals surface area contributed by atoms with E-state index in [2.05, 4.69) is 18.5 Å². The van der Waals surface area contributed by atoms with Gasteiger partial charge in [0.05, 0.1) is 11.7 Å². The van der Waals surface area contributed by atoms with E-state index in [0.29, 0.717) is 5.92 Å². The molecule has 1 aliphatic rings. The van der Waals surface area contributed by atoms with E-state index in [1.165, 1.54) is 5.56 Å². The number of aliphatic hydroxyl groups is 2. The Morgan fingerprint density at radius 2 is 1.59 bits per heavy atom. The van der Waals surface area contributed by atoms with Gasteiger partial charge in [-0.25, -0.2) is 0 Å². The van der Waals surface area contributed by atoms with Crippen LogP contribution in [0.4, 0.5) is 0 Å². The average Bonchev–Trinajstić information content (AvgIpc) is 2.85. The summed E-state index contributed by atoms with van der Waals surface area (Å²) >= 11 is 0. The quantitative estimate of drug-likeness (QED) is 0.513. The summed E-state index contributed by atoms with van der Waals surface area (Å²) in [4.78, 5) is 0. The highest BCUT2D eigenvalue weighted by Crippen LogP contribution is 2.29. The maximum absolute atomic E-state index is 10.3. The molecule has 2 aromatic rings. The van der Waals surface area contributed by atoms with Gasteiger partial charge in [-0.3, -0.25) is 0 Å². The van der Waals surface area contributed by atoms with Gasteiger partial charge in [-0.15, -0.1) is 13.2 Å². The van der Waals surface area contributed by atoms with Crippen molar-refractivity contribution in [1.82, 2.24) is 5.32 Å². The normalized spacial score (nSPS) is 16.2. The van der Waals surface area contributed by atoms with Crippen LogP contribution < -0.4 is 5.32 Å². The Hall–Kier alpha value is -2.24. The molecule has 0 aliphatic carbocycles. The minimum Gasteiger partial charge on any atom is -0.396 e. The number of piperidine rings is 1. The molecule has 1 unspecified atom stereocenters. The lowest BCUT2D eigenvalue weighted by Gasteiger charge is -2.32. The van der Waals surface area contributed by atoms with Crippen molar-refractivity contribution in [1.29, 1.82) is 0 Å². The molecule has 1 aliphatic heterocycles. The lowest BCUT2D eigenvalue weighted by atomic mass is 9.85. The van der Waals surface area contributed by atoms with Gasteiger partial charge in [0.2, 0.25) is 0 Å². The van der Waals surface area contributed by atoms with E-state index in [1.54, 1.807) is 7.11 Å². The fourth-order valence-electron chi connectivity index (χ4n) is 3.50. The Labute approximate surface area is 194 Å². The Bertz CT molecular complexity index is 727. The number of rotatable bonds is 8. The third-order valence-corrected chi connectivity index (χ3v) is 5.70. The van der Waals surface area contributed by atoms with Gasteiger partial charge in [0, 0.05) is 19.6 Å². The monoisotopic (exact) mass is 439 g/mol. The van der Waals surface area contributed by atoms with E-state index in [1.807, 2.05) is 79.7 Å². The lowest BCUT2D eigenvalue weighted by Crippen LogP contribution is -2.39. The smallest absolute Gasteiger partial charge is 0.0920 e. The number of methoxy groups -OCH3 is 1. The summed E-state index contributed by atoms with van der Waals surface area (Å²) in [5, 5.41) is 22.1. The van der Waals surface area contributed by atoms with E-state index >= 15 is 0 Å². The molecule has 1 fully saturated rings. The van der Waals surface area contributed by atoms with E-state index in [-0.39, 0.29) is 12.7 Å². The molecule has 3 rings (SSSR count). The van der Waals surface area contributed by atoms with Gasteiger partial charge in [-0.05, 0) is 56.8 Å². The van der Waals surface area contributed by atoms with Crippen LogP contribution in [0.15, 0.2) is 86.0 Å². The number of ether oxygens (including phenoxy) is 1. The van der Waals surface area contributed by atoms with Crippen molar-refractivity contribution in [3.05, 3.63) is 97.1 Å².